The maximum absolute atomic E-state index is 14.2. The summed E-state index contributed by atoms with van der Waals surface area (Å²) in [6.45, 7) is 0. The molecule has 1 heterocycles. The Morgan fingerprint density at radius 1 is 1.05 bits per heavy atom. The Bertz CT molecular complexity index is 723. The molecule has 2 aromatic carbocycles. The molecular weight excluding hydrogens is 255 g/mol. The molecule has 1 aromatic heterocycles. The lowest BCUT2D eigenvalue weighted by Gasteiger charge is -2.12. The molecule has 0 aliphatic rings. The van der Waals surface area contributed by atoms with Crippen LogP contribution in [0.2, 0.25) is 0 Å². The summed E-state index contributed by atoms with van der Waals surface area (Å²) in [5, 5.41) is 0. The summed E-state index contributed by atoms with van der Waals surface area (Å²) in [6.07, 6.45) is 3.28. The second-order valence-corrected chi connectivity index (χ2v) is 4.30. The van der Waals surface area contributed by atoms with Crippen molar-refractivity contribution in [3.8, 4) is 28.3 Å². The van der Waals surface area contributed by atoms with Crippen LogP contribution in [0.5, 0.6) is 5.75 Å². The van der Waals surface area contributed by atoms with E-state index >= 15 is 0 Å². The number of halogens is 1. The molecule has 0 bridgehead atoms. The van der Waals surface area contributed by atoms with Crippen LogP contribution in [0.15, 0.2) is 54.9 Å². The summed E-state index contributed by atoms with van der Waals surface area (Å²) in [7, 11) is 1.60. The largest absolute Gasteiger partial charge is 0.496 e. The number of H-pyrrole nitrogens is 1. The van der Waals surface area contributed by atoms with E-state index in [0.29, 0.717) is 17.1 Å². The Hall–Kier alpha value is -2.62. The minimum atomic E-state index is -0.316. The van der Waals surface area contributed by atoms with Crippen molar-refractivity contribution in [3.05, 3.63) is 60.7 Å². The summed E-state index contributed by atoms with van der Waals surface area (Å²) in [4.78, 5) is 7.10. The lowest BCUT2D eigenvalue weighted by atomic mass is 9.98. The summed E-state index contributed by atoms with van der Waals surface area (Å²) in [5.41, 5.74) is 2.03. The van der Waals surface area contributed by atoms with Gasteiger partial charge in [-0.2, -0.15) is 0 Å². The molecule has 0 spiro atoms. The zero-order valence-electron chi connectivity index (χ0n) is 10.9. The topological polar surface area (TPSA) is 37.9 Å². The molecule has 3 aromatic rings. The van der Waals surface area contributed by atoms with Crippen molar-refractivity contribution in [2.75, 3.05) is 7.11 Å². The number of aromatic nitrogens is 2. The average molecular weight is 268 g/mol. The first-order valence-corrected chi connectivity index (χ1v) is 6.23. The molecule has 4 heteroatoms. The smallest absolute Gasteiger partial charge is 0.140 e. The van der Waals surface area contributed by atoms with Gasteiger partial charge in [-0.3, -0.25) is 0 Å². The molecule has 3 rings (SSSR count). The SMILES string of the molecule is COc1ccccc1-c1cccc(F)c1-c1ncc[nH]1. The lowest BCUT2D eigenvalue weighted by molar-refractivity contribution is 0.416. The van der Waals surface area contributed by atoms with E-state index in [1.807, 2.05) is 30.3 Å². The van der Waals surface area contributed by atoms with Gasteiger partial charge in [0, 0.05) is 18.0 Å². The molecule has 0 radical (unpaired) electrons. The van der Waals surface area contributed by atoms with Crippen LogP contribution in [0, 0.1) is 5.82 Å². The van der Waals surface area contributed by atoms with Crippen LogP contribution in [0.25, 0.3) is 22.5 Å². The Balaban J connectivity index is 2.27. The van der Waals surface area contributed by atoms with Gasteiger partial charge in [-0.15, -0.1) is 0 Å². The van der Waals surface area contributed by atoms with E-state index in [2.05, 4.69) is 9.97 Å². The molecule has 0 amide bonds. The third kappa shape index (κ3) is 2.05. The van der Waals surface area contributed by atoms with Crippen molar-refractivity contribution in [1.82, 2.24) is 9.97 Å². The number of imidazole rings is 1. The molecule has 1 N–H and O–H groups in total. The summed E-state index contributed by atoms with van der Waals surface area (Å²) in [5.74, 6) is 0.887. The predicted molar refractivity (Wildman–Crippen MR) is 76.0 cm³/mol. The number of methoxy groups -OCH3 is 1. The molecule has 0 aliphatic heterocycles. The van der Waals surface area contributed by atoms with Crippen LogP contribution in [-0.4, -0.2) is 17.1 Å². The van der Waals surface area contributed by atoms with Crippen LogP contribution in [0.1, 0.15) is 0 Å². The van der Waals surface area contributed by atoms with Crippen LogP contribution >= 0.6 is 0 Å². The fraction of sp³-hybridized carbons (Fsp3) is 0.0625. The molecule has 0 atom stereocenters. The first-order chi connectivity index (χ1) is 9.81. The van der Waals surface area contributed by atoms with E-state index < -0.39 is 0 Å². The van der Waals surface area contributed by atoms with Crippen molar-refractivity contribution >= 4 is 0 Å². The normalized spacial score (nSPS) is 10.5. The molecule has 20 heavy (non-hydrogen) atoms. The van der Waals surface area contributed by atoms with Crippen molar-refractivity contribution in [2.24, 2.45) is 0 Å². The number of aromatic amines is 1. The minimum absolute atomic E-state index is 0.316. The number of ether oxygens (including phenoxy) is 1. The van der Waals surface area contributed by atoms with Crippen molar-refractivity contribution in [1.29, 1.82) is 0 Å². The third-order valence-corrected chi connectivity index (χ3v) is 3.15. The number of para-hydroxylation sites is 1. The standard InChI is InChI=1S/C16H13FN2O/c1-20-14-8-3-2-5-11(14)12-6-4-7-13(17)15(12)16-18-9-10-19-16/h2-10H,1H3,(H,18,19). The zero-order chi connectivity index (χ0) is 13.9. The maximum atomic E-state index is 14.2. The number of rotatable bonds is 3. The molecule has 0 saturated carbocycles. The van der Waals surface area contributed by atoms with E-state index in [1.165, 1.54) is 6.07 Å². The molecule has 0 fully saturated rings. The highest BCUT2D eigenvalue weighted by atomic mass is 19.1. The van der Waals surface area contributed by atoms with Gasteiger partial charge < -0.3 is 9.72 Å². The van der Waals surface area contributed by atoms with Gasteiger partial charge >= 0.3 is 0 Å². The number of nitrogens with one attached hydrogen (secondary N) is 1. The molecule has 100 valence electrons. The van der Waals surface area contributed by atoms with Gasteiger partial charge in [0.2, 0.25) is 0 Å². The van der Waals surface area contributed by atoms with Gasteiger partial charge in [0.05, 0.1) is 12.7 Å². The Kier molecular flexibility index (Phi) is 3.21. The Morgan fingerprint density at radius 2 is 1.85 bits per heavy atom. The van der Waals surface area contributed by atoms with E-state index in [1.54, 1.807) is 25.6 Å². The van der Waals surface area contributed by atoms with Crippen LogP contribution in [0.4, 0.5) is 4.39 Å². The minimum Gasteiger partial charge on any atom is -0.496 e. The fourth-order valence-electron chi connectivity index (χ4n) is 2.26. The number of hydrogen-bond acceptors (Lipinski definition) is 2. The van der Waals surface area contributed by atoms with Gasteiger partial charge in [0.15, 0.2) is 0 Å². The number of nitrogens with zero attached hydrogens (tertiary/aromatic N) is 1. The highest BCUT2D eigenvalue weighted by molar-refractivity contribution is 5.84. The Labute approximate surface area is 116 Å². The van der Waals surface area contributed by atoms with Crippen LogP contribution in [0.3, 0.4) is 0 Å². The predicted octanol–water partition coefficient (Wildman–Crippen LogP) is 3.89. The van der Waals surface area contributed by atoms with Crippen LogP contribution < -0.4 is 4.74 Å². The second-order valence-electron chi connectivity index (χ2n) is 4.30. The number of hydrogen-bond donors (Lipinski definition) is 1. The fourth-order valence-corrected chi connectivity index (χ4v) is 2.26. The number of benzene rings is 2. The quantitative estimate of drug-likeness (QED) is 0.782. The molecular formula is C16H13FN2O. The first kappa shape index (κ1) is 12.4. The highest BCUT2D eigenvalue weighted by Crippen LogP contribution is 2.37. The summed E-state index contributed by atoms with van der Waals surface area (Å²) >= 11 is 0. The summed E-state index contributed by atoms with van der Waals surface area (Å²) in [6, 6.07) is 12.5. The lowest BCUT2D eigenvalue weighted by Crippen LogP contribution is -1.94. The molecule has 0 aliphatic carbocycles. The van der Waals surface area contributed by atoms with Gasteiger partial charge in [0.25, 0.3) is 0 Å². The Morgan fingerprint density at radius 3 is 2.60 bits per heavy atom. The van der Waals surface area contributed by atoms with Crippen molar-refractivity contribution in [2.45, 2.75) is 0 Å². The second kappa shape index (κ2) is 5.17. The van der Waals surface area contributed by atoms with E-state index in [9.17, 15) is 4.39 Å². The zero-order valence-corrected chi connectivity index (χ0v) is 10.9. The average Bonchev–Trinajstić information content (AvgIpc) is 3.00. The third-order valence-electron chi connectivity index (χ3n) is 3.15. The monoisotopic (exact) mass is 268 g/mol. The van der Waals surface area contributed by atoms with E-state index in [4.69, 9.17) is 4.74 Å². The van der Waals surface area contributed by atoms with Crippen molar-refractivity contribution < 1.29 is 9.13 Å². The van der Waals surface area contributed by atoms with Crippen LogP contribution in [-0.2, 0) is 0 Å². The van der Waals surface area contributed by atoms with Gasteiger partial charge in [0.1, 0.15) is 17.4 Å². The van der Waals surface area contributed by atoms with E-state index in [-0.39, 0.29) is 5.82 Å². The van der Waals surface area contributed by atoms with Gasteiger partial charge in [-0.05, 0) is 17.7 Å². The van der Waals surface area contributed by atoms with Gasteiger partial charge in [-0.1, -0.05) is 30.3 Å². The first-order valence-electron chi connectivity index (χ1n) is 6.23. The molecule has 3 nitrogen and oxygen atoms in total. The van der Waals surface area contributed by atoms with E-state index in [0.717, 1.165) is 11.1 Å². The summed E-state index contributed by atoms with van der Waals surface area (Å²) < 4.78 is 19.6. The molecule has 0 unspecified atom stereocenters. The molecule has 0 saturated heterocycles. The van der Waals surface area contributed by atoms with Crippen molar-refractivity contribution in [3.63, 3.8) is 0 Å². The maximum Gasteiger partial charge on any atom is 0.140 e. The highest BCUT2D eigenvalue weighted by Gasteiger charge is 2.16. The van der Waals surface area contributed by atoms with Gasteiger partial charge in [-0.25, -0.2) is 9.37 Å².